The Morgan fingerprint density at radius 1 is 0.893 bits per heavy atom. The van der Waals surface area contributed by atoms with Crippen LogP contribution in [0.5, 0.6) is 0 Å². The normalized spacial score (nSPS) is 13.1. The van der Waals surface area contributed by atoms with Gasteiger partial charge >= 0.3 is 5.97 Å². The molecule has 0 bridgehead atoms. The fourth-order valence-electron chi connectivity index (χ4n) is 2.55. The van der Waals surface area contributed by atoms with Crippen LogP contribution in [0.1, 0.15) is 17.5 Å². The quantitative estimate of drug-likeness (QED) is 0.420. The molecule has 0 fully saturated rings. The molecule has 0 saturated carbocycles. The van der Waals surface area contributed by atoms with Crippen molar-refractivity contribution in [2.45, 2.75) is 31.8 Å². The minimum absolute atomic E-state index is 0.163. The maximum absolute atomic E-state index is 11.2. The fourth-order valence-corrected chi connectivity index (χ4v) is 2.55. The number of benzene rings is 2. The molecule has 0 amide bonds. The van der Waals surface area contributed by atoms with Gasteiger partial charge in [0.1, 0.15) is 12.2 Å². The fraction of sp³-hybridized carbons (Fsp3) is 0.409. The van der Waals surface area contributed by atoms with Crippen LogP contribution in [0, 0.1) is 0 Å². The number of aliphatic hydroxyl groups is 1. The summed E-state index contributed by atoms with van der Waals surface area (Å²) in [6, 6.07) is 19.5. The van der Waals surface area contributed by atoms with Crippen LogP contribution in [0.2, 0.25) is 0 Å². The Balaban J connectivity index is 1.91. The topological polar surface area (TPSA) is 74.2 Å². The maximum atomic E-state index is 11.2. The molecule has 0 aliphatic rings. The van der Waals surface area contributed by atoms with E-state index in [0.29, 0.717) is 13.2 Å². The third kappa shape index (κ3) is 8.19. The minimum Gasteiger partial charge on any atom is -0.469 e. The van der Waals surface area contributed by atoms with Gasteiger partial charge in [-0.25, -0.2) is 0 Å². The van der Waals surface area contributed by atoms with Gasteiger partial charge in [-0.3, -0.25) is 4.79 Å². The molecule has 2 atom stereocenters. The summed E-state index contributed by atoms with van der Waals surface area (Å²) in [6.07, 6.45) is -0.870. The Bertz CT molecular complexity index is 661. The van der Waals surface area contributed by atoms with Crippen LogP contribution in [-0.2, 0) is 37.0 Å². The zero-order valence-corrected chi connectivity index (χ0v) is 16.2. The molecule has 0 saturated heterocycles. The second-order valence-corrected chi connectivity index (χ2v) is 6.25. The second-order valence-electron chi connectivity index (χ2n) is 6.25. The molecule has 1 N–H and O–H groups in total. The number of aliphatic hydroxyl groups excluding tert-OH is 1. The zero-order valence-electron chi connectivity index (χ0n) is 16.2. The van der Waals surface area contributed by atoms with Gasteiger partial charge in [-0.1, -0.05) is 60.7 Å². The third-order valence-electron chi connectivity index (χ3n) is 4.17. The summed E-state index contributed by atoms with van der Waals surface area (Å²) >= 11 is 0. The molecule has 0 unspecified atom stereocenters. The molecule has 0 aromatic heterocycles. The van der Waals surface area contributed by atoms with E-state index in [1.54, 1.807) is 0 Å². The molecular formula is C22H28O6. The molecular weight excluding hydrogens is 360 g/mol. The molecule has 0 aliphatic carbocycles. The Hall–Kier alpha value is -2.25. The van der Waals surface area contributed by atoms with Crippen LogP contribution < -0.4 is 0 Å². The van der Waals surface area contributed by atoms with E-state index < -0.39 is 12.2 Å². The van der Waals surface area contributed by atoms with Crippen molar-refractivity contribution < 1.29 is 28.8 Å². The van der Waals surface area contributed by atoms with E-state index in [9.17, 15) is 9.90 Å². The summed E-state index contributed by atoms with van der Waals surface area (Å²) in [7, 11) is 1.34. The van der Waals surface area contributed by atoms with Gasteiger partial charge in [0.2, 0.25) is 0 Å². The molecule has 28 heavy (non-hydrogen) atoms. The highest BCUT2D eigenvalue weighted by atomic mass is 16.6. The molecule has 0 heterocycles. The monoisotopic (exact) mass is 388 g/mol. The number of methoxy groups -OCH3 is 1. The second kappa shape index (κ2) is 13.0. The first-order chi connectivity index (χ1) is 13.7. The zero-order chi connectivity index (χ0) is 20.0. The largest absolute Gasteiger partial charge is 0.469 e. The predicted octanol–water partition coefficient (Wildman–Crippen LogP) is 2.73. The Morgan fingerprint density at radius 2 is 1.43 bits per heavy atom. The summed E-state index contributed by atoms with van der Waals surface area (Å²) in [4.78, 5) is 11.2. The van der Waals surface area contributed by atoms with Crippen molar-refractivity contribution in [1.29, 1.82) is 0 Å². The van der Waals surface area contributed by atoms with E-state index in [1.165, 1.54) is 7.11 Å². The summed E-state index contributed by atoms with van der Waals surface area (Å²) in [6.45, 7) is 0.946. The average molecular weight is 388 g/mol. The first-order valence-corrected chi connectivity index (χ1v) is 9.29. The Labute approximate surface area is 166 Å². The van der Waals surface area contributed by atoms with Gasteiger partial charge in [-0.05, 0) is 11.1 Å². The summed E-state index contributed by atoms with van der Waals surface area (Å²) < 4.78 is 22.0. The number of hydrogen-bond donors (Lipinski definition) is 1. The van der Waals surface area contributed by atoms with E-state index in [2.05, 4.69) is 4.74 Å². The predicted molar refractivity (Wildman–Crippen MR) is 105 cm³/mol. The van der Waals surface area contributed by atoms with E-state index in [4.69, 9.17) is 14.2 Å². The van der Waals surface area contributed by atoms with E-state index >= 15 is 0 Å². The van der Waals surface area contributed by atoms with Crippen molar-refractivity contribution in [3.8, 4) is 0 Å². The Kier molecular flexibility index (Phi) is 10.2. The standard InChI is InChI=1S/C22H28O6/c1-25-22(24)12-13-26-17-21(28-16-19-10-6-3-7-11-19)20(14-23)27-15-18-8-4-2-5-9-18/h2-11,20-21,23H,12-17H2,1H3/t20-,21-/m0/s1. The van der Waals surface area contributed by atoms with Gasteiger partial charge in [0, 0.05) is 0 Å². The smallest absolute Gasteiger partial charge is 0.307 e. The lowest BCUT2D eigenvalue weighted by Crippen LogP contribution is -2.38. The van der Waals surface area contributed by atoms with Crippen molar-refractivity contribution in [3.05, 3.63) is 71.8 Å². The van der Waals surface area contributed by atoms with Gasteiger partial charge in [-0.2, -0.15) is 0 Å². The average Bonchev–Trinajstić information content (AvgIpc) is 2.75. The SMILES string of the molecule is COC(=O)CCOC[C@H](OCc1ccccc1)[C@H](CO)OCc1ccccc1. The van der Waals surface area contributed by atoms with Crippen molar-refractivity contribution in [1.82, 2.24) is 0 Å². The van der Waals surface area contributed by atoms with Gasteiger partial charge in [-0.15, -0.1) is 0 Å². The van der Waals surface area contributed by atoms with E-state index in [0.717, 1.165) is 11.1 Å². The number of hydrogen-bond acceptors (Lipinski definition) is 6. The van der Waals surface area contributed by atoms with Crippen LogP contribution in [-0.4, -0.2) is 50.2 Å². The third-order valence-corrected chi connectivity index (χ3v) is 4.17. The van der Waals surface area contributed by atoms with Gasteiger partial charge in [0.05, 0.1) is 46.6 Å². The number of ether oxygens (including phenoxy) is 4. The lowest BCUT2D eigenvalue weighted by atomic mass is 10.2. The number of carbonyl (C=O) groups is 1. The van der Waals surface area contributed by atoms with Crippen LogP contribution in [0.15, 0.2) is 60.7 Å². The summed E-state index contributed by atoms with van der Waals surface area (Å²) in [5.74, 6) is -0.333. The van der Waals surface area contributed by atoms with Crippen molar-refractivity contribution in [2.75, 3.05) is 26.9 Å². The molecule has 6 heteroatoms. The summed E-state index contributed by atoms with van der Waals surface area (Å²) in [5.41, 5.74) is 2.02. The van der Waals surface area contributed by atoms with Crippen molar-refractivity contribution >= 4 is 5.97 Å². The molecule has 0 radical (unpaired) electrons. The Morgan fingerprint density at radius 3 is 1.93 bits per heavy atom. The first kappa shape index (κ1) is 22.0. The van der Waals surface area contributed by atoms with Crippen LogP contribution in [0.3, 0.4) is 0 Å². The highest BCUT2D eigenvalue weighted by Gasteiger charge is 2.23. The van der Waals surface area contributed by atoms with Crippen molar-refractivity contribution in [3.63, 3.8) is 0 Å². The molecule has 0 spiro atoms. The van der Waals surface area contributed by atoms with Gasteiger partial charge in [0.25, 0.3) is 0 Å². The maximum Gasteiger partial charge on any atom is 0.307 e. The molecule has 152 valence electrons. The molecule has 2 rings (SSSR count). The number of esters is 1. The molecule has 2 aromatic carbocycles. The van der Waals surface area contributed by atoms with E-state index in [1.807, 2.05) is 60.7 Å². The molecule has 6 nitrogen and oxygen atoms in total. The van der Waals surface area contributed by atoms with Crippen LogP contribution in [0.25, 0.3) is 0 Å². The summed E-state index contributed by atoms with van der Waals surface area (Å²) in [5, 5.41) is 9.82. The lowest BCUT2D eigenvalue weighted by molar-refractivity contribution is -0.144. The van der Waals surface area contributed by atoms with E-state index in [-0.39, 0.29) is 32.2 Å². The minimum atomic E-state index is -0.554. The highest BCUT2D eigenvalue weighted by molar-refractivity contribution is 5.69. The van der Waals surface area contributed by atoms with Crippen molar-refractivity contribution in [2.24, 2.45) is 0 Å². The highest BCUT2D eigenvalue weighted by Crippen LogP contribution is 2.12. The first-order valence-electron chi connectivity index (χ1n) is 9.29. The molecule has 0 aliphatic heterocycles. The van der Waals surface area contributed by atoms with Gasteiger partial charge in [0.15, 0.2) is 0 Å². The van der Waals surface area contributed by atoms with Crippen LogP contribution >= 0.6 is 0 Å². The number of rotatable bonds is 13. The molecule has 2 aromatic rings. The lowest BCUT2D eigenvalue weighted by Gasteiger charge is -2.26. The number of carbonyl (C=O) groups excluding carboxylic acids is 1. The van der Waals surface area contributed by atoms with Gasteiger partial charge < -0.3 is 24.1 Å². The van der Waals surface area contributed by atoms with Crippen LogP contribution in [0.4, 0.5) is 0 Å².